The lowest BCUT2D eigenvalue weighted by Gasteiger charge is -2.35. The Morgan fingerprint density at radius 2 is 1.84 bits per heavy atom. The van der Waals surface area contributed by atoms with Gasteiger partial charge >= 0.3 is 0 Å². The quantitative estimate of drug-likeness (QED) is 0.480. The zero-order valence-electron chi connectivity index (χ0n) is 18.2. The van der Waals surface area contributed by atoms with Gasteiger partial charge in [-0.2, -0.15) is 0 Å². The average molecular weight is 432 g/mol. The predicted octanol–water partition coefficient (Wildman–Crippen LogP) is 2.76. The highest BCUT2D eigenvalue weighted by Crippen LogP contribution is 2.30. The van der Waals surface area contributed by atoms with E-state index in [1.54, 1.807) is 11.0 Å². The molecule has 4 aromatic rings. The predicted molar refractivity (Wildman–Crippen MR) is 122 cm³/mol. The van der Waals surface area contributed by atoms with Crippen LogP contribution in [0.2, 0.25) is 0 Å². The molecule has 0 aliphatic carbocycles. The number of fused-ring (bicyclic) bond motifs is 2. The van der Waals surface area contributed by atoms with Crippen molar-refractivity contribution in [3.63, 3.8) is 0 Å². The van der Waals surface area contributed by atoms with Crippen LogP contribution in [0.5, 0.6) is 5.75 Å². The molecule has 0 saturated carbocycles. The van der Waals surface area contributed by atoms with Crippen LogP contribution < -0.4 is 9.64 Å². The minimum Gasteiger partial charge on any atom is -0.493 e. The molecule has 1 aliphatic rings. The van der Waals surface area contributed by atoms with Gasteiger partial charge in [0.15, 0.2) is 17.0 Å². The number of piperazine rings is 1. The maximum absolute atomic E-state index is 13.6. The molecule has 1 fully saturated rings. The van der Waals surface area contributed by atoms with Crippen molar-refractivity contribution in [1.82, 2.24) is 29.9 Å². The molecule has 32 heavy (non-hydrogen) atoms. The van der Waals surface area contributed by atoms with E-state index in [4.69, 9.17) is 4.74 Å². The van der Waals surface area contributed by atoms with E-state index < -0.39 is 0 Å². The molecule has 1 amide bonds. The number of benzene rings is 2. The first-order chi connectivity index (χ1) is 15.7. The summed E-state index contributed by atoms with van der Waals surface area (Å²) < 4.78 is 7.58. The van der Waals surface area contributed by atoms with Gasteiger partial charge in [0, 0.05) is 32.7 Å². The molecule has 1 saturated heterocycles. The molecule has 0 N–H and O–H groups in total. The monoisotopic (exact) mass is 431 g/mol. The SMILES string of the molecule is CCOc1ccc2ccccc2c1C(=O)N1CCN(c2ncnc3c2nnn3CC)CC1. The first kappa shape index (κ1) is 20.2. The van der Waals surface area contributed by atoms with Crippen LogP contribution in [0.15, 0.2) is 42.7 Å². The summed E-state index contributed by atoms with van der Waals surface area (Å²) in [4.78, 5) is 26.4. The Morgan fingerprint density at radius 1 is 1.03 bits per heavy atom. The fourth-order valence-corrected chi connectivity index (χ4v) is 4.25. The Labute approximate surface area is 185 Å². The number of anilines is 1. The molecular formula is C23H25N7O2. The van der Waals surface area contributed by atoms with E-state index in [-0.39, 0.29) is 5.91 Å². The van der Waals surface area contributed by atoms with Gasteiger partial charge in [0.1, 0.15) is 12.1 Å². The van der Waals surface area contributed by atoms with E-state index >= 15 is 0 Å². The number of carbonyl (C=O) groups is 1. The Hall–Kier alpha value is -3.75. The van der Waals surface area contributed by atoms with Crippen LogP contribution in [-0.4, -0.2) is 68.6 Å². The van der Waals surface area contributed by atoms with Gasteiger partial charge in [-0.15, -0.1) is 5.10 Å². The summed E-state index contributed by atoms with van der Waals surface area (Å²) in [5.41, 5.74) is 2.06. The molecule has 0 unspecified atom stereocenters. The number of hydrogen-bond donors (Lipinski definition) is 0. The number of rotatable bonds is 5. The van der Waals surface area contributed by atoms with E-state index in [0.29, 0.717) is 56.2 Å². The van der Waals surface area contributed by atoms with Crippen molar-refractivity contribution in [1.29, 1.82) is 0 Å². The van der Waals surface area contributed by atoms with Crippen LogP contribution in [0.1, 0.15) is 24.2 Å². The number of carbonyl (C=O) groups excluding carboxylic acids is 1. The summed E-state index contributed by atoms with van der Waals surface area (Å²) in [6.45, 7) is 7.62. The highest BCUT2D eigenvalue weighted by Gasteiger charge is 2.28. The summed E-state index contributed by atoms with van der Waals surface area (Å²) >= 11 is 0. The topological polar surface area (TPSA) is 89.3 Å². The number of nitrogens with zero attached hydrogens (tertiary/aromatic N) is 7. The fraction of sp³-hybridized carbons (Fsp3) is 0.348. The van der Waals surface area contributed by atoms with Gasteiger partial charge in [-0.1, -0.05) is 35.5 Å². The van der Waals surface area contributed by atoms with E-state index in [0.717, 1.165) is 22.2 Å². The van der Waals surface area contributed by atoms with E-state index in [1.807, 2.05) is 55.1 Å². The number of hydrogen-bond acceptors (Lipinski definition) is 7. The van der Waals surface area contributed by atoms with Gasteiger partial charge in [-0.3, -0.25) is 4.79 Å². The molecule has 0 bridgehead atoms. The minimum absolute atomic E-state index is 0.00494. The van der Waals surface area contributed by atoms with Crippen molar-refractivity contribution in [3.05, 3.63) is 48.3 Å². The molecule has 0 spiro atoms. The molecular weight excluding hydrogens is 406 g/mol. The van der Waals surface area contributed by atoms with Gasteiger partial charge in [0.25, 0.3) is 5.91 Å². The van der Waals surface area contributed by atoms with Crippen LogP contribution in [0.25, 0.3) is 21.9 Å². The molecule has 9 heteroatoms. The van der Waals surface area contributed by atoms with Crippen molar-refractivity contribution >= 4 is 33.7 Å². The first-order valence-electron chi connectivity index (χ1n) is 10.9. The third-order valence-electron chi connectivity index (χ3n) is 5.85. The maximum atomic E-state index is 13.6. The fourth-order valence-electron chi connectivity index (χ4n) is 4.25. The Bertz CT molecular complexity index is 1280. The normalized spacial score (nSPS) is 14.3. The summed E-state index contributed by atoms with van der Waals surface area (Å²) in [5, 5.41) is 10.4. The molecule has 2 aromatic carbocycles. The van der Waals surface area contributed by atoms with Crippen LogP contribution >= 0.6 is 0 Å². The van der Waals surface area contributed by atoms with Crippen molar-refractivity contribution in [2.45, 2.75) is 20.4 Å². The third kappa shape index (κ3) is 3.39. The third-order valence-corrected chi connectivity index (χ3v) is 5.85. The zero-order valence-corrected chi connectivity index (χ0v) is 18.2. The summed E-state index contributed by atoms with van der Waals surface area (Å²) in [5.74, 6) is 1.39. The van der Waals surface area contributed by atoms with Crippen LogP contribution in [0, 0.1) is 0 Å². The lowest BCUT2D eigenvalue weighted by atomic mass is 10.0. The summed E-state index contributed by atoms with van der Waals surface area (Å²) in [7, 11) is 0. The zero-order chi connectivity index (χ0) is 22.1. The molecule has 0 atom stereocenters. The molecule has 5 rings (SSSR count). The Kier molecular flexibility index (Phi) is 5.30. The van der Waals surface area contributed by atoms with Crippen molar-refractivity contribution in [2.24, 2.45) is 0 Å². The van der Waals surface area contributed by atoms with Crippen molar-refractivity contribution in [3.8, 4) is 5.75 Å². The molecule has 0 radical (unpaired) electrons. The average Bonchev–Trinajstić information content (AvgIpc) is 3.27. The number of ether oxygens (including phenoxy) is 1. The number of aromatic nitrogens is 5. The minimum atomic E-state index is -0.00494. The smallest absolute Gasteiger partial charge is 0.258 e. The maximum Gasteiger partial charge on any atom is 0.258 e. The van der Waals surface area contributed by atoms with Gasteiger partial charge in [0.05, 0.1) is 12.2 Å². The van der Waals surface area contributed by atoms with Gasteiger partial charge in [-0.05, 0) is 30.7 Å². The molecule has 1 aliphatic heterocycles. The number of amides is 1. The molecule has 2 aromatic heterocycles. The first-order valence-corrected chi connectivity index (χ1v) is 10.9. The number of aryl methyl sites for hydroxylation is 1. The van der Waals surface area contributed by atoms with Gasteiger partial charge in [-0.25, -0.2) is 14.6 Å². The van der Waals surface area contributed by atoms with E-state index in [2.05, 4.69) is 25.2 Å². The van der Waals surface area contributed by atoms with Crippen molar-refractivity contribution in [2.75, 3.05) is 37.7 Å². The van der Waals surface area contributed by atoms with Gasteiger partial charge < -0.3 is 14.5 Å². The highest BCUT2D eigenvalue weighted by atomic mass is 16.5. The Balaban J connectivity index is 1.40. The second-order valence-corrected chi connectivity index (χ2v) is 7.65. The Morgan fingerprint density at radius 3 is 2.62 bits per heavy atom. The lowest BCUT2D eigenvalue weighted by molar-refractivity contribution is 0.0744. The van der Waals surface area contributed by atoms with Gasteiger partial charge in [0.2, 0.25) is 0 Å². The summed E-state index contributed by atoms with van der Waals surface area (Å²) in [6, 6.07) is 11.8. The summed E-state index contributed by atoms with van der Waals surface area (Å²) in [6.07, 6.45) is 1.55. The van der Waals surface area contributed by atoms with Crippen LogP contribution in [0.4, 0.5) is 5.82 Å². The van der Waals surface area contributed by atoms with Crippen LogP contribution in [-0.2, 0) is 6.54 Å². The second kappa shape index (κ2) is 8.41. The molecule has 164 valence electrons. The molecule has 3 heterocycles. The lowest BCUT2D eigenvalue weighted by Crippen LogP contribution is -2.49. The highest BCUT2D eigenvalue weighted by molar-refractivity contribution is 6.09. The largest absolute Gasteiger partial charge is 0.493 e. The van der Waals surface area contributed by atoms with Crippen molar-refractivity contribution < 1.29 is 9.53 Å². The molecule has 9 nitrogen and oxygen atoms in total. The van der Waals surface area contributed by atoms with E-state index in [1.165, 1.54) is 0 Å². The van der Waals surface area contributed by atoms with Crippen LogP contribution in [0.3, 0.4) is 0 Å². The van der Waals surface area contributed by atoms with E-state index in [9.17, 15) is 4.79 Å². The second-order valence-electron chi connectivity index (χ2n) is 7.65. The standard InChI is InChI=1S/C23H25N7O2/c1-3-30-22-20(26-27-30)21(24-15-25-22)28-11-13-29(14-12-28)23(31)19-17-8-6-5-7-16(17)9-10-18(19)32-4-2/h5-10,15H,3-4,11-14H2,1-2H3.